The van der Waals surface area contributed by atoms with Gasteiger partial charge >= 0.3 is 0 Å². The number of nitrogens with one attached hydrogen (secondary N) is 1. The van der Waals surface area contributed by atoms with E-state index in [4.69, 9.17) is 14.6 Å². The van der Waals surface area contributed by atoms with Crippen LogP contribution in [0.15, 0.2) is 24.4 Å². The molecule has 1 aromatic carbocycles. The van der Waals surface area contributed by atoms with E-state index in [1.807, 2.05) is 13.0 Å². The van der Waals surface area contributed by atoms with E-state index in [9.17, 15) is 4.79 Å². The van der Waals surface area contributed by atoms with Crippen molar-refractivity contribution in [1.82, 2.24) is 15.0 Å². The van der Waals surface area contributed by atoms with Gasteiger partial charge in [-0.2, -0.15) is 0 Å². The van der Waals surface area contributed by atoms with Gasteiger partial charge < -0.3 is 24.0 Å². The summed E-state index contributed by atoms with van der Waals surface area (Å²) in [6.07, 6.45) is 2.28. The highest BCUT2D eigenvalue weighted by atomic mass is 28.4. The van der Waals surface area contributed by atoms with Gasteiger partial charge in [0.25, 0.3) is 5.91 Å². The third-order valence-electron chi connectivity index (χ3n) is 6.52. The molecule has 168 valence electrons. The van der Waals surface area contributed by atoms with E-state index in [-0.39, 0.29) is 24.0 Å². The van der Waals surface area contributed by atoms with E-state index in [1.165, 1.54) is 0 Å². The summed E-state index contributed by atoms with van der Waals surface area (Å²) in [4.78, 5) is 13.2. The summed E-state index contributed by atoms with van der Waals surface area (Å²) in [7, 11) is -1.60. The number of fused-ring (bicyclic) bond motifs is 2. The molecule has 0 radical (unpaired) electrons. The first-order valence-electron chi connectivity index (χ1n) is 10.6. The number of halogens is 1. The van der Waals surface area contributed by atoms with Crippen molar-refractivity contribution in [2.45, 2.75) is 56.7 Å². The zero-order chi connectivity index (χ0) is 22.4. The molecule has 31 heavy (non-hydrogen) atoms. The average molecular weight is 449 g/mol. The molecule has 0 bridgehead atoms. The second-order valence-corrected chi connectivity index (χ2v) is 12.7. The first-order valence-corrected chi connectivity index (χ1v) is 13.5. The smallest absolute Gasteiger partial charge is 0.261 e. The number of aliphatic hydroxyl groups excluding tert-OH is 1. The number of methoxy groups -OCH3 is 1. The predicted molar refractivity (Wildman–Crippen MR) is 115 cm³/mol. The largest absolute Gasteiger partial charge is 0.497 e. The highest BCUT2D eigenvalue weighted by Gasteiger charge is 2.65. The summed E-state index contributed by atoms with van der Waals surface area (Å²) in [6.45, 7) is 5.77. The second kappa shape index (κ2) is 7.99. The first-order chi connectivity index (χ1) is 14.7. The van der Waals surface area contributed by atoms with Gasteiger partial charge in [0.2, 0.25) is 8.41 Å². The van der Waals surface area contributed by atoms with Crippen LogP contribution in [0.2, 0.25) is 18.6 Å². The Morgan fingerprint density at radius 2 is 2.19 bits per heavy atom. The molecule has 2 N–H and O–H groups in total. The normalized spacial score (nSPS) is 27.5. The van der Waals surface area contributed by atoms with E-state index in [0.29, 0.717) is 42.1 Å². The van der Waals surface area contributed by atoms with E-state index in [2.05, 4.69) is 15.6 Å². The van der Waals surface area contributed by atoms with Gasteiger partial charge in [-0.1, -0.05) is 12.1 Å². The minimum atomic E-state index is -3.18. The molecule has 1 amide bonds. The number of carbonyl (C=O) groups is 1. The van der Waals surface area contributed by atoms with Gasteiger partial charge in [-0.05, 0) is 37.7 Å². The summed E-state index contributed by atoms with van der Waals surface area (Å²) < 4.78 is 29.1. The molecule has 0 saturated carbocycles. The van der Waals surface area contributed by atoms with E-state index in [0.717, 1.165) is 0 Å². The number of nitrogens with zero attached hydrogens (tertiary/aromatic N) is 3. The van der Waals surface area contributed by atoms with Crippen molar-refractivity contribution in [3.05, 3.63) is 35.7 Å². The SMILES string of the molecule is COc1ccc2c(c1)[C@]1(O[C@@H](CCn3cc(CCO)nn3)[C@H]([Si](C)(C)F)[C@H]1C)C(=O)N2. The van der Waals surface area contributed by atoms with Crippen LogP contribution in [-0.4, -0.2) is 54.2 Å². The Kier molecular flexibility index (Phi) is 5.65. The Labute approximate surface area is 181 Å². The maximum absolute atomic E-state index is 15.5. The Balaban J connectivity index is 1.65. The average Bonchev–Trinajstić information content (AvgIpc) is 3.36. The third kappa shape index (κ3) is 3.66. The van der Waals surface area contributed by atoms with Crippen molar-refractivity contribution in [3.63, 3.8) is 0 Å². The van der Waals surface area contributed by atoms with Gasteiger partial charge in [0.1, 0.15) is 5.75 Å². The number of aliphatic hydroxyl groups is 1. The van der Waals surface area contributed by atoms with Crippen molar-refractivity contribution < 1.29 is 23.5 Å². The van der Waals surface area contributed by atoms with Gasteiger partial charge in [-0.25, -0.2) is 0 Å². The summed E-state index contributed by atoms with van der Waals surface area (Å²) in [5, 5.41) is 20.1. The summed E-state index contributed by atoms with van der Waals surface area (Å²) in [5.41, 5.74) is 0.491. The minimum Gasteiger partial charge on any atom is -0.497 e. The van der Waals surface area contributed by atoms with Crippen LogP contribution in [-0.2, 0) is 28.1 Å². The number of anilines is 1. The predicted octanol–water partition coefficient (Wildman–Crippen LogP) is 2.64. The van der Waals surface area contributed by atoms with Gasteiger partial charge in [0.05, 0.1) is 18.9 Å². The number of amides is 1. The highest BCUT2D eigenvalue weighted by molar-refractivity contribution is 6.72. The molecular weight excluding hydrogens is 419 g/mol. The zero-order valence-corrected chi connectivity index (χ0v) is 19.3. The number of rotatable bonds is 7. The lowest BCUT2D eigenvalue weighted by atomic mass is 9.82. The van der Waals surface area contributed by atoms with Gasteiger partial charge in [0.15, 0.2) is 5.60 Å². The molecule has 2 aromatic rings. The molecule has 0 unspecified atom stereocenters. The monoisotopic (exact) mass is 448 g/mol. The van der Waals surface area contributed by atoms with E-state index in [1.54, 1.807) is 43.2 Å². The number of aromatic nitrogens is 3. The van der Waals surface area contributed by atoms with Crippen LogP contribution < -0.4 is 10.1 Å². The molecule has 3 heterocycles. The molecule has 4 rings (SSSR count). The van der Waals surface area contributed by atoms with Crippen LogP contribution in [0.25, 0.3) is 0 Å². The number of ether oxygens (including phenoxy) is 2. The highest BCUT2D eigenvalue weighted by Crippen LogP contribution is 2.59. The maximum atomic E-state index is 15.5. The van der Waals surface area contributed by atoms with E-state index < -0.39 is 20.1 Å². The molecule has 0 aliphatic carbocycles. The van der Waals surface area contributed by atoms with Crippen molar-refractivity contribution in [2.75, 3.05) is 19.0 Å². The Morgan fingerprint density at radius 1 is 1.42 bits per heavy atom. The van der Waals surface area contributed by atoms with E-state index >= 15 is 4.11 Å². The Hall–Kier alpha value is -2.30. The van der Waals surface area contributed by atoms with Crippen molar-refractivity contribution >= 4 is 20.0 Å². The van der Waals surface area contributed by atoms with Gasteiger partial charge in [-0.3, -0.25) is 9.48 Å². The van der Waals surface area contributed by atoms with Crippen LogP contribution in [0.4, 0.5) is 9.80 Å². The lowest BCUT2D eigenvalue weighted by Gasteiger charge is -2.30. The molecule has 8 nitrogen and oxygen atoms in total. The Bertz CT molecular complexity index is 979. The molecule has 2 aliphatic rings. The standard InChI is InChI=1S/C21H29FN4O4Si/c1-13-19(31(3,4)22)18(7-9-26-12-14(8-10-27)24-25-26)30-21(13)16-11-15(29-2)5-6-17(16)23-20(21)28/h5-6,11-13,18-19,27H,7-10H2,1-4H3,(H,23,28)/t13-,18+,19-,21+/m1/s1. The molecule has 10 heteroatoms. The van der Waals surface area contributed by atoms with Crippen LogP contribution >= 0.6 is 0 Å². The van der Waals surface area contributed by atoms with Crippen molar-refractivity contribution in [3.8, 4) is 5.75 Å². The molecular formula is C21H29FN4O4Si. The molecule has 1 spiro atoms. The number of carbonyl (C=O) groups excluding carboxylic acids is 1. The summed E-state index contributed by atoms with van der Waals surface area (Å²) in [5.74, 6) is 0.0411. The van der Waals surface area contributed by atoms with Crippen LogP contribution in [0.5, 0.6) is 5.75 Å². The first kappa shape index (κ1) is 21.9. The molecule has 1 fully saturated rings. The van der Waals surface area contributed by atoms with Crippen LogP contribution in [0, 0.1) is 5.92 Å². The quantitative estimate of drug-likeness (QED) is 0.499. The number of aryl methyl sites for hydroxylation is 1. The summed E-state index contributed by atoms with van der Waals surface area (Å²) >= 11 is 0. The number of hydrogen-bond donors (Lipinski definition) is 2. The minimum absolute atomic E-state index is 0.00611. The number of benzene rings is 1. The second-order valence-electron chi connectivity index (χ2n) is 8.87. The number of hydrogen-bond acceptors (Lipinski definition) is 6. The van der Waals surface area contributed by atoms with Gasteiger partial charge in [0, 0.05) is 48.5 Å². The van der Waals surface area contributed by atoms with Crippen molar-refractivity contribution in [1.29, 1.82) is 0 Å². The molecule has 4 atom stereocenters. The zero-order valence-electron chi connectivity index (χ0n) is 18.3. The third-order valence-corrected chi connectivity index (χ3v) is 8.98. The Morgan fingerprint density at radius 3 is 2.87 bits per heavy atom. The fraction of sp³-hybridized carbons (Fsp3) is 0.571. The van der Waals surface area contributed by atoms with Gasteiger partial charge in [-0.15, -0.1) is 5.10 Å². The molecule has 1 aromatic heterocycles. The van der Waals surface area contributed by atoms with Crippen molar-refractivity contribution in [2.24, 2.45) is 5.92 Å². The van der Waals surface area contributed by atoms with Crippen LogP contribution in [0.1, 0.15) is 24.6 Å². The van der Waals surface area contributed by atoms with Crippen LogP contribution in [0.3, 0.4) is 0 Å². The summed E-state index contributed by atoms with van der Waals surface area (Å²) in [6, 6.07) is 5.40. The molecule has 2 aliphatic heterocycles. The lowest BCUT2D eigenvalue weighted by molar-refractivity contribution is -0.143. The fourth-order valence-corrected chi connectivity index (χ4v) is 7.72. The molecule has 1 saturated heterocycles. The maximum Gasteiger partial charge on any atom is 0.261 e. The topological polar surface area (TPSA) is 98.5 Å². The fourth-order valence-electron chi connectivity index (χ4n) is 5.18. The lowest BCUT2D eigenvalue weighted by Crippen LogP contribution is -2.41.